The van der Waals surface area contributed by atoms with E-state index in [2.05, 4.69) is 20.8 Å². The Morgan fingerprint density at radius 3 is 2.34 bits per heavy atom. The molecule has 0 N–H and O–H groups in total. The zero-order valence-electron chi connectivity index (χ0n) is 21.1. The summed E-state index contributed by atoms with van der Waals surface area (Å²) in [6.07, 6.45) is 2.74. The molecule has 1 amide bonds. The monoisotopic (exact) mass is 498 g/mol. The second-order valence-electron chi connectivity index (χ2n) is 10.8. The fourth-order valence-corrected chi connectivity index (χ4v) is 7.82. The summed E-state index contributed by atoms with van der Waals surface area (Å²) in [6.45, 7) is 6.86. The lowest BCUT2D eigenvalue weighted by atomic mass is 9.79. The van der Waals surface area contributed by atoms with Crippen molar-refractivity contribution in [2.75, 3.05) is 20.8 Å². The number of methoxy groups -OCH3 is 2. The van der Waals surface area contributed by atoms with E-state index >= 15 is 0 Å². The van der Waals surface area contributed by atoms with Gasteiger partial charge in [0.2, 0.25) is 15.9 Å². The Hall–Kier alpha value is -2.58. The van der Waals surface area contributed by atoms with Gasteiger partial charge in [-0.15, -0.1) is 0 Å². The van der Waals surface area contributed by atoms with Gasteiger partial charge in [-0.25, -0.2) is 8.42 Å². The van der Waals surface area contributed by atoms with Gasteiger partial charge in [-0.05, 0) is 60.4 Å². The van der Waals surface area contributed by atoms with Crippen LogP contribution in [0.3, 0.4) is 0 Å². The predicted octanol–water partition coefficient (Wildman–Crippen LogP) is 4.05. The van der Waals surface area contributed by atoms with E-state index < -0.39 is 16.1 Å². The average Bonchev–Trinajstić information content (AvgIpc) is 2.85. The highest BCUT2D eigenvalue weighted by Gasteiger charge is 2.55. The summed E-state index contributed by atoms with van der Waals surface area (Å²) < 4.78 is 40.8. The number of fused-ring (bicyclic) bond motifs is 6. The molecule has 35 heavy (non-hydrogen) atoms. The quantitative estimate of drug-likeness (QED) is 0.636. The highest BCUT2D eigenvalue weighted by molar-refractivity contribution is 7.89. The first-order valence-electron chi connectivity index (χ1n) is 12.3. The van der Waals surface area contributed by atoms with Gasteiger partial charge in [0.1, 0.15) is 17.5 Å². The molecule has 0 spiro atoms. The predicted molar refractivity (Wildman–Crippen MR) is 133 cm³/mol. The lowest BCUT2D eigenvalue weighted by Crippen LogP contribution is -2.67. The molecule has 0 saturated carbocycles. The van der Waals surface area contributed by atoms with Crippen molar-refractivity contribution in [1.82, 2.24) is 9.21 Å². The van der Waals surface area contributed by atoms with Crippen LogP contribution in [0, 0.1) is 0 Å². The third-order valence-corrected chi connectivity index (χ3v) is 9.70. The summed E-state index contributed by atoms with van der Waals surface area (Å²) >= 11 is 0. The summed E-state index contributed by atoms with van der Waals surface area (Å²) in [5, 5.41) is 0. The normalized spacial score (nSPS) is 24.5. The molecule has 0 aliphatic carbocycles. The van der Waals surface area contributed by atoms with Crippen molar-refractivity contribution < 1.29 is 22.7 Å². The number of ether oxygens (including phenoxy) is 2. The molecule has 2 saturated heterocycles. The van der Waals surface area contributed by atoms with Gasteiger partial charge in [-0.1, -0.05) is 32.9 Å². The number of amides is 1. The van der Waals surface area contributed by atoms with Crippen LogP contribution < -0.4 is 9.47 Å². The minimum absolute atomic E-state index is 0.0796. The van der Waals surface area contributed by atoms with Gasteiger partial charge in [-0.3, -0.25) is 4.79 Å². The van der Waals surface area contributed by atoms with Crippen molar-refractivity contribution in [3.05, 3.63) is 53.1 Å². The summed E-state index contributed by atoms with van der Waals surface area (Å²) in [5.41, 5.74) is 2.94. The Morgan fingerprint density at radius 1 is 1.00 bits per heavy atom. The van der Waals surface area contributed by atoms with Crippen molar-refractivity contribution in [1.29, 1.82) is 0 Å². The Morgan fingerprint density at radius 2 is 1.71 bits per heavy atom. The van der Waals surface area contributed by atoms with Gasteiger partial charge >= 0.3 is 0 Å². The summed E-state index contributed by atoms with van der Waals surface area (Å²) in [6, 6.07) is 9.55. The number of carbonyl (C=O) groups is 1. The molecule has 3 unspecified atom stereocenters. The maximum absolute atomic E-state index is 14.1. The van der Waals surface area contributed by atoms with E-state index in [4.69, 9.17) is 9.47 Å². The highest BCUT2D eigenvalue weighted by Crippen LogP contribution is 2.49. The SMILES string of the molecule is COc1cc2c(c(OC)c1)C1C3CCCC(C(=O)N1CC2)N3S(=O)(=O)c1ccc(C(C)(C)C)cc1. The molecule has 0 aromatic heterocycles. The highest BCUT2D eigenvalue weighted by atomic mass is 32.2. The number of piperazine rings is 1. The molecule has 2 bridgehead atoms. The van der Waals surface area contributed by atoms with Crippen LogP contribution in [0.4, 0.5) is 0 Å². The number of hydrogen-bond donors (Lipinski definition) is 0. The maximum Gasteiger partial charge on any atom is 0.244 e. The van der Waals surface area contributed by atoms with E-state index in [1.165, 1.54) is 4.31 Å². The van der Waals surface area contributed by atoms with Gasteiger partial charge in [-0.2, -0.15) is 4.31 Å². The summed E-state index contributed by atoms with van der Waals surface area (Å²) in [4.78, 5) is 15.9. The first kappa shape index (κ1) is 24.1. The zero-order valence-corrected chi connectivity index (χ0v) is 21.9. The fraction of sp³-hybridized carbons (Fsp3) is 0.519. The second-order valence-corrected chi connectivity index (χ2v) is 12.6. The second kappa shape index (κ2) is 8.52. The van der Waals surface area contributed by atoms with Gasteiger partial charge in [0, 0.05) is 18.2 Å². The van der Waals surface area contributed by atoms with E-state index in [1.54, 1.807) is 26.4 Å². The smallest absolute Gasteiger partial charge is 0.244 e. The zero-order chi connectivity index (χ0) is 25.1. The Bertz CT molecular complexity index is 1230. The van der Waals surface area contributed by atoms with Gasteiger partial charge < -0.3 is 14.4 Å². The molecular formula is C27H34N2O5S. The van der Waals surface area contributed by atoms with Crippen molar-refractivity contribution in [2.45, 2.75) is 74.9 Å². The molecule has 2 aromatic carbocycles. The molecule has 0 radical (unpaired) electrons. The number of piperidine rings is 1. The van der Waals surface area contributed by atoms with E-state index in [9.17, 15) is 13.2 Å². The summed E-state index contributed by atoms with van der Waals surface area (Å²) in [7, 11) is -0.660. The van der Waals surface area contributed by atoms with Gasteiger partial charge in [0.05, 0.1) is 31.2 Å². The van der Waals surface area contributed by atoms with Gasteiger partial charge in [0.15, 0.2) is 0 Å². The molecule has 3 aliphatic rings. The number of carbonyl (C=O) groups excluding carboxylic acids is 1. The van der Waals surface area contributed by atoms with Gasteiger partial charge in [0.25, 0.3) is 0 Å². The van der Waals surface area contributed by atoms with Crippen molar-refractivity contribution in [2.24, 2.45) is 0 Å². The Labute approximate surface area is 208 Å². The third-order valence-electron chi connectivity index (χ3n) is 7.75. The molecule has 8 heteroatoms. The van der Waals surface area contributed by atoms with E-state index in [1.807, 2.05) is 29.2 Å². The average molecular weight is 499 g/mol. The van der Waals surface area contributed by atoms with E-state index in [0.29, 0.717) is 37.3 Å². The molecule has 7 nitrogen and oxygen atoms in total. The van der Waals surface area contributed by atoms with Crippen molar-refractivity contribution in [3.63, 3.8) is 0 Å². The van der Waals surface area contributed by atoms with Crippen LogP contribution in [-0.2, 0) is 26.7 Å². The van der Waals surface area contributed by atoms with Crippen molar-refractivity contribution >= 4 is 15.9 Å². The topological polar surface area (TPSA) is 76.2 Å². The van der Waals surface area contributed by atoms with Crippen LogP contribution >= 0.6 is 0 Å². The molecule has 3 atom stereocenters. The molecule has 2 fully saturated rings. The number of rotatable bonds is 4. The van der Waals surface area contributed by atoms with Crippen LogP contribution in [-0.4, -0.2) is 56.4 Å². The number of sulfonamides is 1. The molecule has 3 heterocycles. The molecular weight excluding hydrogens is 464 g/mol. The van der Waals surface area contributed by atoms with Crippen LogP contribution in [0.15, 0.2) is 41.3 Å². The Kier molecular flexibility index (Phi) is 5.87. The van der Waals surface area contributed by atoms with E-state index in [0.717, 1.165) is 23.1 Å². The standard InChI is InChI=1S/C27H34N2O5S/c1-27(2,3)18-9-11-20(12-10-18)35(31,32)29-21-7-6-8-22(29)26(30)28-14-13-17-15-19(33-4)16-23(34-5)24(17)25(21)28/h9-12,15-16,21-22,25H,6-8,13-14H2,1-5H3. The van der Waals surface area contributed by atoms with E-state index in [-0.39, 0.29) is 28.3 Å². The first-order valence-corrected chi connectivity index (χ1v) is 13.7. The lowest BCUT2D eigenvalue weighted by Gasteiger charge is -2.54. The van der Waals surface area contributed by atoms with Crippen molar-refractivity contribution in [3.8, 4) is 11.5 Å². The molecule has 2 aromatic rings. The maximum atomic E-state index is 14.1. The molecule has 188 valence electrons. The number of hydrogen-bond acceptors (Lipinski definition) is 5. The minimum atomic E-state index is -3.88. The lowest BCUT2D eigenvalue weighted by molar-refractivity contribution is -0.150. The van der Waals surface area contributed by atoms with Crippen LogP contribution in [0.25, 0.3) is 0 Å². The molecule has 5 rings (SSSR count). The number of benzene rings is 2. The third kappa shape index (κ3) is 3.82. The fourth-order valence-electron chi connectivity index (χ4n) is 5.99. The largest absolute Gasteiger partial charge is 0.497 e. The summed E-state index contributed by atoms with van der Waals surface area (Å²) in [5.74, 6) is 1.23. The number of nitrogens with zero attached hydrogens (tertiary/aromatic N) is 2. The van der Waals surface area contributed by atoms with Crippen LogP contribution in [0.5, 0.6) is 11.5 Å². The molecule has 3 aliphatic heterocycles. The van der Waals surface area contributed by atoms with Crippen LogP contribution in [0.1, 0.15) is 62.8 Å². The van der Waals surface area contributed by atoms with Crippen LogP contribution in [0.2, 0.25) is 0 Å². The minimum Gasteiger partial charge on any atom is -0.497 e. The Balaban J connectivity index is 1.62. The first-order chi connectivity index (χ1) is 16.6.